The van der Waals surface area contributed by atoms with Crippen LogP contribution < -0.4 is 9.62 Å². The van der Waals surface area contributed by atoms with Crippen molar-refractivity contribution in [1.82, 2.24) is 14.5 Å². The number of amides is 1. The Morgan fingerprint density at radius 2 is 2.16 bits per heavy atom. The number of nitrogens with zero attached hydrogens (tertiary/aromatic N) is 3. The lowest BCUT2D eigenvalue weighted by Gasteiger charge is -2.32. The van der Waals surface area contributed by atoms with Crippen LogP contribution in [0.5, 0.6) is 0 Å². The molecule has 0 saturated carbocycles. The van der Waals surface area contributed by atoms with Gasteiger partial charge in [0.1, 0.15) is 28.3 Å². The molecule has 2 aromatic heterocycles. The molecule has 0 aliphatic carbocycles. The molecule has 25 heavy (non-hydrogen) atoms. The summed E-state index contributed by atoms with van der Waals surface area (Å²) in [7, 11) is -3.82. The van der Waals surface area contributed by atoms with E-state index in [-0.39, 0.29) is 10.8 Å². The van der Waals surface area contributed by atoms with Crippen LogP contribution in [0, 0.1) is 13.8 Å². The van der Waals surface area contributed by atoms with E-state index < -0.39 is 16.1 Å². The SMILES string of the molecule is CCn1nccc1N1CCCC(NS(=O)(=O)c2cc(C)oc2C)C1=O. The first-order valence-electron chi connectivity index (χ1n) is 8.26. The zero-order valence-corrected chi connectivity index (χ0v) is 15.3. The summed E-state index contributed by atoms with van der Waals surface area (Å²) in [5.41, 5.74) is 0. The normalized spacial score (nSPS) is 18.8. The summed E-state index contributed by atoms with van der Waals surface area (Å²) in [5, 5.41) is 4.18. The molecule has 1 amide bonds. The minimum atomic E-state index is -3.82. The number of carbonyl (C=O) groups is 1. The van der Waals surface area contributed by atoms with Gasteiger partial charge in [-0.25, -0.2) is 13.1 Å². The third-order valence-electron chi connectivity index (χ3n) is 4.29. The second kappa shape index (κ2) is 6.64. The number of furan rings is 1. The zero-order valence-electron chi connectivity index (χ0n) is 14.5. The van der Waals surface area contributed by atoms with E-state index in [4.69, 9.17) is 4.42 Å². The van der Waals surface area contributed by atoms with Crippen LogP contribution in [0.4, 0.5) is 5.82 Å². The van der Waals surface area contributed by atoms with Gasteiger partial charge in [0.25, 0.3) is 0 Å². The average Bonchev–Trinajstić information content (AvgIpc) is 3.15. The predicted octanol–water partition coefficient (Wildman–Crippen LogP) is 1.59. The highest BCUT2D eigenvalue weighted by Gasteiger charge is 2.35. The summed E-state index contributed by atoms with van der Waals surface area (Å²) >= 11 is 0. The smallest absolute Gasteiger partial charge is 0.246 e. The molecule has 1 fully saturated rings. The summed E-state index contributed by atoms with van der Waals surface area (Å²) in [4.78, 5) is 14.5. The Labute approximate surface area is 146 Å². The van der Waals surface area contributed by atoms with Crippen molar-refractivity contribution in [3.63, 3.8) is 0 Å². The lowest BCUT2D eigenvalue weighted by Crippen LogP contribution is -2.52. The van der Waals surface area contributed by atoms with Gasteiger partial charge < -0.3 is 4.42 Å². The minimum absolute atomic E-state index is 0.0773. The maximum absolute atomic E-state index is 12.8. The number of rotatable bonds is 5. The molecule has 0 spiro atoms. The van der Waals surface area contributed by atoms with Crippen LogP contribution in [-0.2, 0) is 21.4 Å². The van der Waals surface area contributed by atoms with Gasteiger partial charge in [-0.05, 0) is 39.7 Å². The molecule has 2 aromatic rings. The number of piperidine rings is 1. The number of hydrogen-bond donors (Lipinski definition) is 1. The van der Waals surface area contributed by atoms with E-state index in [2.05, 4.69) is 9.82 Å². The van der Waals surface area contributed by atoms with Gasteiger partial charge in [0.15, 0.2) is 0 Å². The number of sulfonamides is 1. The molecule has 9 heteroatoms. The summed E-state index contributed by atoms with van der Waals surface area (Å²) < 4.78 is 34.8. The number of carbonyl (C=O) groups excluding carboxylic acids is 1. The van der Waals surface area contributed by atoms with Gasteiger partial charge in [-0.15, -0.1) is 0 Å². The van der Waals surface area contributed by atoms with E-state index in [1.807, 2.05) is 6.92 Å². The Morgan fingerprint density at radius 1 is 1.40 bits per heavy atom. The molecule has 0 radical (unpaired) electrons. The molecule has 3 heterocycles. The van der Waals surface area contributed by atoms with Crippen molar-refractivity contribution in [2.24, 2.45) is 0 Å². The largest absolute Gasteiger partial charge is 0.465 e. The zero-order chi connectivity index (χ0) is 18.2. The maximum Gasteiger partial charge on any atom is 0.246 e. The monoisotopic (exact) mass is 366 g/mol. The standard InChI is InChI=1S/C16H22N4O4S/c1-4-20-15(7-8-17-20)19-9-5-6-13(16(19)21)18-25(22,23)14-10-11(2)24-12(14)3/h7-8,10,13,18H,4-6,9H2,1-3H3. The molecule has 136 valence electrons. The van der Waals surface area contributed by atoms with Crippen molar-refractivity contribution in [1.29, 1.82) is 0 Å². The topological polar surface area (TPSA) is 97.4 Å². The summed E-state index contributed by atoms with van der Waals surface area (Å²) in [6.07, 6.45) is 2.80. The van der Waals surface area contributed by atoms with Crippen molar-refractivity contribution in [3.05, 3.63) is 29.9 Å². The molecule has 1 N–H and O–H groups in total. The van der Waals surface area contributed by atoms with Crippen molar-refractivity contribution < 1.29 is 17.6 Å². The van der Waals surface area contributed by atoms with Crippen LogP contribution in [0.25, 0.3) is 0 Å². The average molecular weight is 366 g/mol. The molecule has 1 atom stereocenters. The van der Waals surface area contributed by atoms with Crippen LogP contribution in [-0.4, -0.2) is 36.7 Å². The number of aromatic nitrogens is 2. The van der Waals surface area contributed by atoms with Crippen LogP contribution >= 0.6 is 0 Å². The number of anilines is 1. The van der Waals surface area contributed by atoms with Gasteiger partial charge in [-0.3, -0.25) is 9.69 Å². The lowest BCUT2D eigenvalue weighted by atomic mass is 10.1. The fraction of sp³-hybridized carbons (Fsp3) is 0.500. The van der Waals surface area contributed by atoms with Crippen LogP contribution in [0.2, 0.25) is 0 Å². The molecule has 8 nitrogen and oxygen atoms in total. The quantitative estimate of drug-likeness (QED) is 0.866. The van der Waals surface area contributed by atoms with Crippen molar-refractivity contribution in [3.8, 4) is 0 Å². The molecule has 1 saturated heterocycles. The van der Waals surface area contributed by atoms with E-state index in [9.17, 15) is 13.2 Å². The Morgan fingerprint density at radius 3 is 2.80 bits per heavy atom. The van der Waals surface area contributed by atoms with E-state index in [0.29, 0.717) is 43.3 Å². The highest BCUT2D eigenvalue weighted by atomic mass is 32.2. The Hall–Kier alpha value is -2.13. The Kier molecular flexibility index (Phi) is 4.70. The molecule has 1 aliphatic rings. The number of nitrogens with one attached hydrogen (secondary N) is 1. The second-order valence-corrected chi connectivity index (χ2v) is 7.77. The van der Waals surface area contributed by atoms with Gasteiger partial charge in [-0.1, -0.05) is 0 Å². The first-order chi connectivity index (χ1) is 11.8. The molecular weight excluding hydrogens is 344 g/mol. The predicted molar refractivity (Wildman–Crippen MR) is 91.8 cm³/mol. The van der Waals surface area contributed by atoms with Crippen LogP contribution in [0.15, 0.2) is 27.6 Å². The number of hydrogen-bond acceptors (Lipinski definition) is 5. The van der Waals surface area contributed by atoms with Gasteiger partial charge in [0.05, 0.1) is 6.20 Å². The highest BCUT2D eigenvalue weighted by molar-refractivity contribution is 7.89. The lowest BCUT2D eigenvalue weighted by molar-refractivity contribution is -0.121. The first kappa shape index (κ1) is 17.7. The van der Waals surface area contributed by atoms with Crippen molar-refractivity contribution in [2.45, 2.75) is 51.1 Å². The second-order valence-electron chi connectivity index (χ2n) is 6.09. The molecule has 3 rings (SSSR count). The molecule has 0 bridgehead atoms. The molecule has 1 aliphatic heterocycles. The summed E-state index contributed by atoms with van der Waals surface area (Å²) in [6, 6.07) is 2.44. The first-order valence-corrected chi connectivity index (χ1v) is 9.74. The molecule has 0 aromatic carbocycles. The fourth-order valence-electron chi connectivity index (χ4n) is 3.14. The minimum Gasteiger partial charge on any atom is -0.465 e. The van der Waals surface area contributed by atoms with E-state index in [1.54, 1.807) is 35.7 Å². The van der Waals surface area contributed by atoms with Crippen molar-refractivity contribution in [2.75, 3.05) is 11.4 Å². The van der Waals surface area contributed by atoms with Crippen molar-refractivity contribution >= 4 is 21.7 Å². The van der Waals surface area contributed by atoms with Gasteiger partial charge in [0, 0.05) is 19.2 Å². The van der Waals surface area contributed by atoms with E-state index in [1.165, 1.54) is 6.07 Å². The summed E-state index contributed by atoms with van der Waals surface area (Å²) in [6.45, 7) is 6.40. The molecular formula is C16H22N4O4S. The maximum atomic E-state index is 12.8. The van der Waals surface area contributed by atoms with E-state index in [0.717, 1.165) is 0 Å². The van der Waals surface area contributed by atoms with Gasteiger partial charge in [-0.2, -0.15) is 9.82 Å². The Bertz CT molecular complexity index is 884. The highest BCUT2D eigenvalue weighted by Crippen LogP contribution is 2.24. The van der Waals surface area contributed by atoms with Crippen LogP contribution in [0.1, 0.15) is 31.3 Å². The summed E-state index contributed by atoms with van der Waals surface area (Å²) in [5.74, 6) is 1.25. The van der Waals surface area contributed by atoms with Crippen LogP contribution in [0.3, 0.4) is 0 Å². The van der Waals surface area contributed by atoms with Gasteiger partial charge in [0.2, 0.25) is 15.9 Å². The number of aryl methyl sites for hydroxylation is 3. The van der Waals surface area contributed by atoms with Gasteiger partial charge >= 0.3 is 0 Å². The molecule has 1 unspecified atom stereocenters. The Balaban J connectivity index is 1.83. The third kappa shape index (κ3) is 3.34. The fourth-order valence-corrected chi connectivity index (χ4v) is 4.60. The third-order valence-corrected chi connectivity index (χ3v) is 5.87. The van der Waals surface area contributed by atoms with E-state index >= 15 is 0 Å².